The number of benzene rings is 2. The third kappa shape index (κ3) is 5.83. The predicted octanol–water partition coefficient (Wildman–Crippen LogP) is 7.25. The van der Waals surface area contributed by atoms with Crippen molar-refractivity contribution in [1.82, 2.24) is 10.4 Å². The molecular formula is C26H35F3N2O. The number of unbranched alkanes of at least 4 members (excludes halogenated alkanes) is 6. The fourth-order valence-electron chi connectivity index (χ4n) is 4.75. The Balaban J connectivity index is 1.89. The van der Waals surface area contributed by atoms with E-state index in [9.17, 15) is 18.0 Å². The third-order valence-corrected chi connectivity index (χ3v) is 6.39. The summed E-state index contributed by atoms with van der Waals surface area (Å²) in [6.45, 7) is 5.54. The SMILES string of the molecule is CCCCCCCCCc1cc([C@H](N2NC(=O)CC2(C)C)C(F)(F)F)cc2ccccc12. The number of hydrazine groups is 1. The molecule has 176 valence electrons. The van der Waals surface area contributed by atoms with E-state index in [2.05, 4.69) is 12.3 Å². The first-order valence-corrected chi connectivity index (χ1v) is 11.8. The van der Waals surface area contributed by atoms with E-state index in [4.69, 9.17) is 0 Å². The molecule has 0 spiro atoms. The smallest absolute Gasteiger partial charge is 0.287 e. The average molecular weight is 449 g/mol. The van der Waals surface area contributed by atoms with Gasteiger partial charge in [0.25, 0.3) is 0 Å². The van der Waals surface area contributed by atoms with Gasteiger partial charge in [0.1, 0.15) is 0 Å². The van der Waals surface area contributed by atoms with Crippen molar-refractivity contribution in [3.8, 4) is 0 Å². The number of aryl methyl sites for hydroxylation is 1. The number of halogens is 3. The number of amides is 1. The maximum atomic E-state index is 14.3. The Morgan fingerprint density at radius 3 is 2.31 bits per heavy atom. The first kappa shape index (κ1) is 24.6. The van der Waals surface area contributed by atoms with Crippen LogP contribution in [0, 0.1) is 0 Å². The van der Waals surface area contributed by atoms with E-state index in [1.165, 1.54) is 25.7 Å². The van der Waals surface area contributed by atoms with E-state index in [-0.39, 0.29) is 17.9 Å². The molecule has 1 N–H and O–H groups in total. The highest BCUT2D eigenvalue weighted by atomic mass is 19.4. The molecule has 2 aromatic rings. The zero-order valence-electron chi connectivity index (χ0n) is 19.4. The maximum absolute atomic E-state index is 14.3. The Hall–Kier alpha value is -2.08. The van der Waals surface area contributed by atoms with Gasteiger partial charge >= 0.3 is 6.18 Å². The Morgan fingerprint density at radius 2 is 1.69 bits per heavy atom. The monoisotopic (exact) mass is 448 g/mol. The Bertz CT molecular complexity index is 923. The summed E-state index contributed by atoms with van der Waals surface area (Å²) >= 11 is 0. The van der Waals surface area contributed by atoms with E-state index in [1.807, 2.05) is 24.3 Å². The van der Waals surface area contributed by atoms with Gasteiger partial charge in [0.15, 0.2) is 6.04 Å². The number of hydrogen-bond donors (Lipinski definition) is 1. The van der Waals surface area contributed by atoms with Crippen LogP contribution in [0.5, 0.6) is 0 Å². The van der Waals surface area contributed by atoms with Crippen LogP contribution in [0.3, 0.4) is 0 Å². The number of alkyl halides is 3. The van der Waals surface area contributed by atoms with E-state index < -0.39 is 17.8 Å². The van der Waals surface area contributed by atoms with Crippen LogP contribution >= 0.6 is 0 Å². The number of fused-ring (bicyclic) bond motifs is 1. The molecule has 3 nitrogen and oxygen atoms in total. The molecule has 1 saturated heterocycles. The molecule has 6 heteroatoms. The van der Waals surface area contributed by atoms with Crippen molar-refractivity contribution in [2.75, 3.05) is 0 Å². The highest BCUT2D eigenvalue weighted by Crippen LogP contribution is 2.44. The second-order valence-corrected chi connectivity index (χ2v) is 9.61. The van der Waals surface area contributed by atoms with Crippen molar-refractivity contribution in [3.63, 3.8) is 0 Å². The summed E-state index contributed by atoms with van der Waals surface area (Å²) in [7, 11) is 0. The average Bonchev–Trinajstić information content (AvgIpc) is 2.97. The molecule has 1 amide bonds. The highest BCUT2D eigenvalue weighted by molar-refractivity contribution is 5.86. The lowest BCUT2D eigenvalue weighted by Crippen LogP contribution is -2.51. The van der Waals surface area contributed by atoms with E-state index in [0.29, 0.717) is 0 Å². The van der Waals surface area contributed by atoms with E-state index in [0.717, 1.165) is 47.0 Å². The molecule has 0 saturated carbocycles. The fourth-order valence-corrected chi connectivity index (χ4v) is 4.75. The molecule has 2 aromatic carbocycles. The standard InChI is InChI=1S/C26H35F3N2O/c1-4-5-6-7-8-9-10-13-19-16-21(17-20-14-11-12-15-22(19)20)24(26(27,28)29)31-25(2,3)18-23(32)30-31/h11-12,14-17,24H,4-10,13,18H2,1-3H3,(H,30,32)/t24-/m0/s1. The van der Waals surface area contributed by atoms with Crippen LogP contribution in [0.1, 0.15) is 89.3 Å². The largest absolute Gasteiger partial charge is 0.409 e. The molecule has 1 fully saturated rings. The molecule has 0 bridgehead atoms. The van der Waals surface area contributed by atoms with Gasteiger partial charge in [-0.3, -0.25) is 10.2 Å². The fraction of sp³-hybridized carbons (Fsp3) is 0.577. The summed E-state index contributed by atoms with van der Waals surface area (Å²) in [6.07, 6.45) is 4.42. The summed E-state index contributed by atoms with van der Waals surface area (Å²) in [5, 5.41) is 2.91. The molecule has 1 atom stereocenters. The van der Waals surface area contributed by atoms with Crippen molar-refractivity contribution < 1.29 is 18.0 Å². The lowest BCUT2D eigenvalue weighted by molar-refractivity contribution is -0.203. The number of carbonyl (C=O) groups excluding carboxylic acids is 1. The van der Waals surface area contributed by atoms with Gasteiger partial charge in [-0.15, -0.1) is 0 Å². The van der Waals surface area contributed by atoms with E-state index >= 15 is 0 Å². The second-order valence-electron chi connectivity index (χ2n) is 9.61. The molecule has 3 rings (SSSR count). The van der Waals surface area contributed by atoms with Crippen LogP contribution < -0.4 is 5.43 Å². The van der Waals surface area contributed by atoms with Crippen LogP contribution in [0.4, 0.5) is 13.2 Å². The maximum Gasteiger partial charge on any atom is 0.409 e. The van der Waals surface area contributed by atoms with Crippen LogP contribution in [-0.4, -0.2) is 22.6 Å². The number of nitrogens with one attached hydrogen (secondary N) is 1. The summed E-state index contributed by atoms with van der Waals surface area (Å²) in [5.74, 6) is -0.381. The van der Waals surface area contributed by atoms with Gasteiger partial charge in [0.2, 0.25) is 5.91 Å². The van der Waals surface area contributed by atoms with Crippen molar-refractivity contribution >= 4 is 16.7 Å². The van der Waals surface area contributed by atoms with Gasteiger partial charge < -0.3 is 0 Å². The summed E-state index contributed by atoms with van der Waals surface area (Å²) in [4.78, 5) is 12.0. The van der Waals surface area contributed by atoms with Gasteiger partial charge in [-0.2, -0.15) is 18.2 Å². The Morgan fingerprint density at radius 1 is 1.03 bits per heavy atom. The summed E-state index contributed by atoms with van der Waals surface area (Å²) in [5.41, 5.74) is 2.67. The molecule has 1 aliphatic heterocycles. The molecule has 0 aromatic heterocycles. The van der Waals surface area contributed by atoms with Gasteiger partial charge in [-0.1, -0.05) is 75.8 Å². The van der Waals surface area contributed by atoms with Crippen molar-refractivity contribution in [3.05, 3.63) is 47.5 Å². The van der Waals surface area contributed by atoms with Crippen LogP contribution in [-0.2, 0) is 11.2 Å². The normalized spacial score (nSPS) is 17.6. The minimum atomic E-state index is -4.52. The molecule has 1 heterocycles. The predicted molar refractivity (Wildman–Crippen MR) is 123 cm³/mol. The molecule has 32 heavy (non-hydrogen) atoms. The van der Waals surface area contributed by atoms with Crippen LogP contribution in [0.2, 0.25) is 0 Å². The van der Waals surface area contributed by atoms with Gasteiger partial charge in [-0.05, 0) is 54.7 Å². The lowest BCUT2D eigenvalue weighted by Gasteiger charge is -2.38. The molecule has 0 aliphatic carbocycles. The van der Waals surface area contributed by atoms with Gasteiger partial charge in [0.05, 0.1) is 0 Å². The number of carbonyl (C=O) groups is 1. The zero-order chi connectivity index (χ0) is 23.4. The first-order valence-electron chi connectivity index (χ1n) is 11.8. The number of nitrogens with zero attached hydrogens (tertiary/aromatic N) is 1. The van der Waals surface area contributed by atoms with Crippen LogP contribution in [0.25, 0.3) is 10.8 Å². The van der Waals surface area contributed by atoms with Crippen LogP contribution in [0.15, 0.2) is 36.4 Å². The number of rotatable bonds is 10. The van der Waals surface area contributed by atoms with Crippen molar-refractivity contribution in [2.45, 2.75) is 96.3 Å². The highest BCUT2D eigenvalue weighted by Gasteiger charge is 2.53. The van der Waals surface area contributed by atoms with Gasteiger partial charge in [-0.25, -0.2) is 0 Å². The molecular weight excluding hydrogens is 413 g/mol. The second kappa shape index (κ2) is 10.2. The van der Waals surface area contributed by atoms with Crippen molar-refractivity contribution in [1.29, 1.82) is 0 Å². The molecule has 0 unspecified atom stereocenters. The van der Waals surface area contributed by atoms with E-state index in [1.54, 1.807) is 26.0 Å². The minimum absolute atomic E-state index is 0.0397. The third-order valence-electron chi connectivity index (χ3n) is 6.39. The lowest BCUT2D eigenvalue weighted by atomic mass is 9.91. The topological polar surface area (TPSA) is 32.3 Å². The van der Waals surface area contributed by atoms with Gasteiger partial charge in [0, 0.05) is 12.0 Å². The molecule has 1 aliphatic rings. The Labute approximate surface area is 189 Å². The first-order chi connectivity index (χ1) is 15.1. The summed E-state index contributed by atoms with van der Waals surface area (Å²) < 4.78 is 43.0. The Kier molecular flexibility index (Phi) is 7.86. The minimum Gasteiger partial charge on any atom is -0.287 e. The molecule has 0 radical (unpaired) electrons. The summed E-state index contributed by atoms with van der Waals surface area (Å²) in [6, 6.07) is 9.09. The van der Waals surface area contributed by atoms with Crippen molar-refractivity contribution in [2.24, 2.45) is 0 Å². The zero-order valence-corrected chi connectivity index (χ0v) is 19.4. The number of hydrogen-bond acceptors (Lipinski definition) is 2. The quantitative estimate of drug-likeness (QED) is 0.388.